The van der Waals surface area contributed by atoms with E-state index in [9.17, 15) is 4.79 Å². The maximum Gasteiger partial charge on any atom is 0.322 e. The van der Waals surface area contributed by atoms with Crippen molar-refractivity contribution in [3.8, 4) is 0 Å². The van der Waals surface area contributed by atoms with Crippen molar-refractivity contribution in [2.75, 3.05) is 159 Å². The van der Waals surface area contributed by atoms with Gasteiger partial charge in [-0.1, -0.05) is 0 Å². The number of carbonyl (C=O) groups excluding carboxylic acids is 1. The van der Waals surface area contributed by atoms with E-state index in [0.29, 0.717) is 165 Å². The quantitative estimate of drug-likeness (QED) is 0.0363. The van der Waals surface area contributed by atoms with Gasteiger partial charge in [0.2, 0.25) is 0 Å². The zero-order valence-electron chi connectivity index (χ0n) is 24.5. The van der Waals surface area contributed by atoms with Gasteiger partial charge in [-0.3, -0.25) is 0 Å². The van der Waals surface area contributed by atoms with Crippen LogP contribution in [-0.4, -0.2) is 172 Å². The molecule has 15 nitrogen and oxygen atoms in total. The molecule has 0 amide bonds. The standard InChI is InChI=1S/C25H52BN2O13/c27-1-2-30-3-4-31-5-6-32-7-8-33-9-10-34-11-12-35-13-14-36-15-16-37-17-18-38-19-20-39-21-22-40-23-24-41-28-26-25-29/h25,28H,1-24,27H2. The molecule has 0 aliphatic heterocycles. The second-order valence-corrected chi connectivity index (χ2v) is 7.79. The smallest absolute Gasteiger partial charge is 0.322 e. The summed E-state index contributed by atoms with van der Waals surface area (Å²) in [7, 11) is 1.15. The molecule has 0 aromatic heterocycles. The van der Waals surface area contributed by atoms with Crippen molar-refractivity contribution in [1.82, 2.24) is 5.39 Å². The van der Waals surface area contributed by atoms with Crippen molar-refractivity contribution in [2.24, 2.45) is 5.73 Å². The van der Waals surface area contributed by atoms with E-state index < -0.39 is 0 Å². The molecule has 0 unspecified atom stereocenters. The van der Waals surface area contributed by atoms with Gasteiger partial charge >= 0.3 is 7.41 Å². The Kier molecular flexibility index (Phi) is 38.4. The third-order valence-corrected chi connectivity index (χ3v) is 4.53. The highest BCUT2D eigenvalue weighted by Crippen LogP contribution is 1.87. The molecule has 0 heterocycles. The Morgan fingerprint density at radius 3 is 0.829 bits per heavy atom. The Morgan fingerprint density at radius 2 is 0.610 bits per heavy atom. The third-order valence-electron chi connectivity index (χ3n) is 4.53. The first-order valence-corrected chi connectivity index (χ1v) is 14.1. The molecule has 0 atom stereocenters. The van der Waals surface area contributed by atoms with Crippen LogP contribution in [0.4, 0.5) is 0 Å². The molecule has 0 saturated heterocycles. The molecule has 243 valence electrons. The van der Waals surface area contributed by atoms with Crippen molar-refractivity contribution in [2.45, 2.75) is 0 Å². The lowest BCUT2D eigenvalue weighted by Gasteiger charge is -2.09. The van der Waals surface area contributed by atoms with Crippen molar-refractivity contribution in [3.05, 3.63) is 0 Å². The number of carbonyl (C=O) groups is 1. The SMILES string of the molecule is NCCOCCOCCOCCOCCOCCOCCOCCOCCOCCOCCOCCON[B]C=O. The maximum atomic E-state index is 10.0. The molecule has 0 aliphatic carbocycles. The Morgan fingerprint density at radius 1 is 0.390 bits per heavy atom. The first-order valence-electron chi connectivity index (χ1n) is 14.1. The zero-order valence-corrected chi connectivity index (χ0v) is 24.5. The third kappa shape index (κ3) is 39.2. The van der Waals surface area contributed by atoms with Crippen LogP contribution in [0.5, 0.6) is 0 Å². The summed E-state index contributed by atoms with van der Waals surface area (Å²) in [5.41, 5.74) is 5.32. The minimum Gasteiger partial charge on any atom is -0.378 e. The van der Waals surface area contributed by atoms with E-state index in [1.807, 2.05) is 0 Å². The molecular weight excluding hydrogens is 547 g/mol. The maximum absolute atomic E-state index is 10.0. The monoisotopic (exact) mass is 599 g/mol. The lowest BCUT2D eigenvalue weighted by atomic mass is 10.0. The predicted octanol–water partition coefficient (Wildman–Crippen LogP) is -1.54. The number of nitrogens with one attached hydrogen (secondary N) is 1. The zero-order chi connectivity index (χ0) is 29.6. The van der Waals surface area contributed by atoms with Crippen LogP contribution in [0.2, 0.25) is 0 Å². The predicted molar refractivity (Wildman–Crippen MR) is 150 cm³/mol. The largest absolute Gasteiger partial charge is 0.378 e. The van der Waals surface area contributed by atoms with Crippen LogP contribution in [0.25, 0.3) is 0 Å². The van der Waals surface area contributed by atoms with Gasteiger partial charge in [-0.05, 0) is 0 Å². The summed E-state index contributed by atoms with van der Waals surface area (Å²) in [6.45, 7) is 11.9. The van der Waals surface area contributed by atoms with Crippen molar-refractivity contribution >= 4 is 13.6 Å². The van der Waals surface area contributed by atoms with E-state index in [0.717, 1.165) is 7.41 Å². The van der Waals surface area contributed by atoms with E-state index in [-0.39, 0.29) is 0 Å². The molecule has 0 rings (SSSR count). The summed E-state index contributed by atoms with van der Waals surface area (Å²) in [5.74, 6) is 0. The Bertz CT molecular complexity index is 491. The van der Waals surface area contributed by atoms with Gasteiger partial charge in [-0.15, -0.1) is 0 Å². The number of nitrogens with two attached hydrogens (primary N) is 1. The Labute approximate surface area is 245 Å². The average molecular weight is 600 g/mol. The second kappa shape index (κ2) is 39.2. The Hall–Kier alpha value is -0.825. The van der Waals surface area contributed by atoms with Gasteiger partial charge in [0.1, 0.15) is 0 Å². The minimum atomic E-state index is 0.337. The molecule has 0 fully saturated rings. The summed E-state index contributed by atoms with van der Waals surface area (Å²) < 4.78 is 59.3. The number of hydrogen-bond acceptors (Lipinski definition) is 15. The van der Waals surface area contributed by atoms with Crippen molar-refractivity contribution in [3.63, 3.8) is 0 Å². The highest BCUT2D eigenvalue weighted by molar-refractivity contribution is 6.64. The van der Waals surface area contributed by atoms with Gasteiger partial charge in [0.05, 0.1) is 158 Å². The fraction of sp³-hybridized carbons (Fsp3) is 0.960. The van der Waals surface area contributed by atoms with Gasteiger partial charge in [0, 0.05) is 6.54 Å². The molecule has 0 aliphatic rings. The van der Waals surface area contributed by atoms with Crippen LogP contribution in [0.1, 0.15) is 0 Å². The van der Waals surface area contributed by atoms with Crippen LogP contribution < -0.4 is 11.1 Å². The molecule has 0 aromatic carbocycles. The fourth-order valence-electron chi connectivity index (χ4n) is 2.62. The van der Waals surface area contributed by atoms with E-state index in [4.69, 9.17) is 62.7 Å². The normalized spacial score (nSPS) is 11.3. The minimum absolute atomic E-state index is 0.337. The van der Waals surface area contributed by atoms with Gasteiger partial charge in [0.15, 0.2) is 0 Å². The molecule has 41 heavy (non-hydrogen) atoms. The fourth-order valence-corrected chi connectivity index (χ4v) is 2.62. The number of ether oxygens (including phenoxy) is 11. The number of hydrogen-bond donors (Lipinski definition) is 2. The van der Waals surface area contributed by atoms with E-state index in [2.05, 4.69) is 5.39 Å². The average Bonchev–Trinajstić information content (AvgIpc) is 2.98. The van der Waals surface area contributed by atoms with Gasteiger partial charge in [0.25, 0.3) is 0 Å². The first-order chi connectivity index (χ1) is 20.4. The first kappa shape index (κ1) is 40.2. The summed E-state index contributed by atoms with van der Waals surface area (Å²) in [6, 6.07) is 0. The summed E-state index contributed by atoms with van der Waals surface area (Å²) >= 11 is 0. The van der Waals surface area contributed by atoms with Gasteiger partial charge in [-0.2, -0.15) is 0 Å². The molecule has 0 saturated carbocycles. The summed E-state index contributed by atoms with van der Waals surface area (Å²) in [5, 5.41) is 2.35. The topological polar surface area (TPSA) is 166 Å². The Balaban J connectivity index is 3.02. The van der Waals surface area contributed by atoms with Crippen LogP contribution in [0.3, 0.4) is 0 Å². The van der Waals surface area contributed by atoms with Crippen LogP contribution >= 0.6 is 0 Å². The molecular formula is C25H52BN2O13. The summed E-state index contributed by atoms with van der Waals surface area (Å²) in [4.78, 5) is 14.9. The van der Waals surface area contributed by atoms with Crippen LogP contribution in [-0.2, 0) is 61.7 Å². The van der Waals surface area contributed by atoms with Gasteiger partial charge < -0.3 is 67.5 Å². The lowest BCUT2D eigenvalue weighted by molar-refractivity contribution is -0.0290. The highest BCUT2D eigenvalue weighted by Gasteiger charge is 1.96. The molecule has 0 bridgehead atoms. The second-order valence-electron chi connectivity index (χ2n) is 7.79. The van der Waals surface area contributed by atoms with Crippen LogP contribution in [0, 0.1) is 0 Å². The lowest BCUT2D eigenvalue weighted by Crippen LogP contribution is -2.23. The highest BCUT2D eigenvalue weighted by atomic mass is 16.6. The molecule has 16 heteroatoms. The van der Waals surface area contributed by atoms with Crippen LogP contribution in [0.15, 0.2) is 0 Å². The molecule has 1 radical (unpaired) electrons. The molecule has 3 N–H and O–H groups in total. The van der Waals surface area contributed by atoms with Crippen molar-refractivity contribution in [1.29, 1.82) is 0 Å². The van der Waals surface area contributed by atoms with E-state index >= 15 is 0 Å². The van der Waals surface area contributed by atoms with Crippen molar-refractivity contribution < 1.29 is 61.7 Å². The van der Waals surface area contributed by atoms with E-state index in [1.54, 1.807) is 0 Å². The summed E-state index contributed by atoms with van der Waals surface area (Å²) in [6.07, 6.45) is 0.596. The molecule has 0 spiro atoms. The molecule has 0 aromatic rings. The van der Waals surface area contributed by atoms with E-state index in [1.165, 1.54) is 0 Å². The number of rotatable bonds is 38. The van der Waals surface area contributed by atoms with Gasteiger partial charge in [-0.25, -0.2) is 5.39 Å².